The number of amides is 1. The summed E-state index contributed by atoms with van der Waals surface area (Å²) >= 11 is 5.79. The third kappa shape index (κ3) is 4.11. The second-order valence-electron chi connectivity index (χ2n) is 7.91. The van der Waals surface area contributed by atoms with Crippen molar-refractivity contribution >= 4 is 34.6 Å². The van der Waals surface area contributed by atoms with Crippen LogP contribution in [0, 0.1) is 13.8 Å². The van der Waals surface area contributed by atoms with Gasteiger partial charge in [-0.25, -0.2) is 0 Å². The molecule has 2 N–H and O–H groups in total. The van der Waals surface area contributed by atoms with E-state index in [0.29, 0.717) is 10.8 Å². The molecule has 1 aliphatic rings. The van der Waals surface area contributed by atoms with Gasteiger partial charge in [0, 0.05) is 43.1 Å². The first-order chi connectivity index (χ1) is 15.4. The van der Waals surface area contributed by atoms with E-state index in [1.165, 1.54) is 24.1 Å². The Morgan fingerprint density at radius 1 is 1.22 bits per heavy atom. The van der Waals surface area contributed by atoms with Crippen molar-refractivity contribution in [2.24, 2.45) is 7.05 Å². The normalized spacial score (nSPS) is 18.0. The molecule has 2 aromatic heterocycles. The number of ether oxygens (including phenoxy) is 1. The Hall–Kier alpha value is -3.23. The van der Waals surface area contributed by atoms with Crippen molar-refractivity contribution in [1.82, 2.24) is 14.9 Å². The number of hydrogen-bond donors (Lipinski definition) is 2. The number of pyridine rings is 1. The fourth-order valence-corrected chi connectivity index (χ4v) is 4.51. The molecule has 1 aromatic carbocycles. The average molecular weight is 450 g/mol. The number of aromatic nitrogens is 2. The van der Waals surface area contributed by atoms with Crippen LogP contribution in [0.1, 0.15) is 34.7 Å². The predicted molar refractivity (Wildman–Crippen MR) is 130 cm³/mol. The van der Waals surface area contributed by atoms with Gasteiger partial charge in [-0.3, -0.25) is 9.78 Å². The lowest BCUT2D eigenvalue weighted by atomic mass is 9.96. The van der Waals surface area contributed by atoms with E-state index in [1.807, 2.05) is 42.5 Å². The highest BCUT2D eigenvalue weighted by atomic mass is 32.1. The minimum absolute atomic E-state index is 0.0162. The number of anilines is 2. The molecule has 3 aromatic rings. The van der Waals surface area contributed by atoms with Gasteiger partial charge in [0.2, 0.25) is 5.91 Å². The Morgan fingerprint density at radius 3 is 2.56 bits per heavy atom. The second kappa shape index (κ2) is 9.10. The number of hydrogen-bond acceptors (Lipinski definition) is 4. The lowest BCUT2D eigenvalue weighted by Crippen LogP contribution is -2.29. The third-order valence-corrected chi connectivity index (χ3v) is 6.25. The van der Waals surface area contributed by atoms with E-state index in [0.717, 1.165) is 11.4 Å². The first kappa shape index (κ1) is 22.0. The summed E-state index contributed by atoms with van der Waals surface area (Å²) in [5, 5.41) is 6.95. The van der Waals surface area contributed by atoms with Crippen LogP contribution >= 0.6 is 12.2 Å². The lowest BCUT2D eigenvalue weighted by molar-refractivity contribution is -0.119. The monoisotopic (exact) mass is 449 g/mol. The standard InChI is InChI=1S/C24H27N5O2S/c1-15-13-19(16(2)28(15)3)23-22(20-7-5-6-12-25-20)27-24(32)29(23)18-10-8-17(9-11-18)26-21(30)14-31-4/h5-13,22-23H,14H2,1-4H3,(H,26,30)(H,27,32)/t22-,23+/m0/s1. The molecule has 0 radical (unpaired) electrons. The quantitative estimate of drug-likeness (QED) is 0.558. The highest BCUT2D eigenvalue weighted by Crippen LogP contribution is 2.43. The van der Waals surface area contributed by atoms with Crippen LogP contribution < -0.4 is 15.5 Å². The predicted octanol–water partition coefficient (Wildman–Crippen LogP) is 3.80. The molecular formula is C24H27N5O2S. The SMILES string of the molecule is COCC(=O)Nc1ccc(N2C(=S)N[C@@H](c3ccccn3)[C@H]2c2cc(C)n(C)c2C)cc1. The van der Waals surface area contributed by atoms with Gasteiger partial charge in [0.15, 0.2) is 5.11 Å². The zero-order chi connectivity index (χ0) is 22.8. The molecule has 3 heterocycles. The maximum Gasteiger partial charge on any atom is 0.250 e. The summed E-state index contributed by atoms with van der Waals surface area (Å²) in [7, 11) is 3.57. The number of methoxy groups -OCH3 is 1. The summed E-state index contributed by atoms with van der Waals surface area (Å²) < 4.78 is 7.07. The number of nitrogens with zero attached hydrogens (tertiary/aromatic N) is 3. The van der Waals surface area contributed by atoms with Crippen LogP contribution in [0.25, 0.3) is 0 Å². The Balaban J connectivity index is 1.73. The zero-order valence-electron chi connectivity index (χ0n) is 18.6. The van der Waals surface area contributed by atoms with E-state index in [1.54, 1.807) is 6.20 Å². The van der Waals surface area contributed by atoms with Gasteiger partial charge in [0.1, 0.15) is 6.61 Å². The molecule has 0 spiro atoms. The van der Waals surface area contributed by atoms with Gasteiger partial charge < -0.3 is 24.8 Å². The van der Waals surface area contributed by atoms with Crippen molar-refractivity contribution in [3.8, 4) is 0 Å². The number of thiocarbonyl (C=S) groups is 1. The van der Waals surface area contributed by atoms with Crippen LogP contribution in [-0.4, -0.2) is 34.3 Å². The Labute approximate surface area is 193 Å². The van der Waals surface area contributed by atoms with E-state index >= 15 is 0 Å². The first-order valence-corrected chi connectivity index (χ1v) is 10.8. The van der Waals surface area contributed by atoms with E-state index < -0.39 is 0 Å². The molecule has 0 bridgehead atoms. The van der Waals surface area contributed by atoms with Crippen LogP contribution in [0.2, 0.25) is 0 Å². The molecule has 166 valence electrons. The molecule has 7 nitrogen and oxygen atoms in total. The molecule has 1 amide bonds. The summed E-state index contributed by atoms with van der Waals surface area (Å²) in [6, 6.07) is 15.7. The molecular weight excluding hydrogens is 422 g/mol. The van der Waals surface area contributed by atoms with Crippen molar-refractivity contribution in [3.63, 3.8) is 0 Å². The van der Waals surface area contributed by atoms with E-state index in [4.69, 9.17) is 17.0 Å². The van der Waals surface area contributed by atoms with E-state index in [9.17, 15) is 4.79 Å². The molecule has 0 saturated carbocycles. The molecule has 4 rings (SSSR count). The van der Waals surface area contributed by atoms with E-state index in [2.05, 4.69) is 52.0 Å². The number of carbonyl (C=O) groups is 1. The average Bonchev–Trinajstić information content (AvgIpc) is 3.26. The molecule has 1 aliphatic heterocycles. The highest BCUT2D eigenvalue weighted by Gasteiger charge is 2.42. The summed E-state index contributed by atoms with van der Waals surface area (Å²) in [5.41, 5.74) is 6.16. The van der Waals surface area contributed by atoms with Crippen molar-refractivity contribution < 1.29 is 9.53 Å². The minimum atomic E-state index is -0.193. The molecule has 1 fully saturated rings. The van der Waals surface area contributed by atoms with Gasteiger partial charge in [-0.15, -0.1) is 0 Å². The molecule has 0 aliphatic carbocycles. The van der Waals surface area contributed by atoms with Crippen molar-refractivity contribution in [3.05, 3.63) is 77.4 Å². The number of nitrogens with one attached hydrogen (secondary N) is 2. The Kier molecular flexibility index (Phi) is 6.25. The van der Waals surface area contributed by atoms with Crippen LogP contribution in [-0.2, 0) is 16.6 Å². The topological polar surface area (TPSA) is 71.4 Å². The number of carbonyl (C=O) groups excluding carboxylic acids is 1. The van der Waals surface area contributed by atoms with Gasteiger partial charge in [-0.05, 0) is 74.1 Å². The van der Waals surface area contributed by atoms with Gasteiger partial charge in [0.25, 0.3) is 0 Å². The molecule has 32 heavy (non-hydrogen) atoms. The molecule has 1 saturated heterocycles. The summed E-state index contributed by atoms with van der Waals surface area (Å²) in [4.78, 5) is 18.6. The van der Waals surface area contributed by atoms with E-state index in [-0.39, 0.29) is 24.6 Å². The smallest absolute Gasteiger partial charge is 0.250 e. The van der Waals surface area contributed by atoms with Crippen LogP contribution in [0.3, 0.4) is 0 Å². The maximum absolute atomic E-state index is 11.8. The van der Waals surface area contributed by atoms with Gasteiger partial charge in [-0.1, -0.05) is 6.07 Å². The Bertz CT molecular complexity index is 1130. The first-order valence-electron chi connectivity index (χ1n) is 10.4. The van der Waals surface area contributed by atoms with Crippen molar-refractivity contribution in [1.29, 1.82) is 0 Å². The van der Waals surface area contributed by atoms with Gasteiger partial charge in [-0.2, -0.15) is 0 Å². The van der Waals surface area contributed by atoms with Crippen LogP contribution in [0.15, 0.2) is 54.7 Å². The highest BCUT2D eigenvalue weighted by molar-refractivity contribution is 7.80. The lowest BCUT2D eigenvalue weighted by Gasteiger charge is -2.28. The summed E-state index contributed by atoms with van der Waals surface area (Å²) in [5.74, 6) is -0.193. The maximum atomic E-state index is 11.8. The van der Waals surface area contributed by atoms with Crippen molar-refractivity contribution in [2.75, 3.05) is 23.9 Å². The molecule has 8 heteroatoms. The fraction of sp³-hybridized carbons (Fsp3) is 0.292. The number of benzene rings is 1. The fourth-order valence-electron chi connectivity index (χ4n) is 4.17. The third-order valence-electron chi connectivity index (χ3n) is 5.94. The van der Waals surface area contributed by atoms with Crippen LogP contribution in [0.4, 0.5) is 11.4 Å². The number of rotatable bonds is 6. The Morgan fingerprint density at radius 2 is 1.97 bits per heavy atom. The summed E-state index contributed by atoms with van der Waals surface area (Å²) in [6.45, 7) is 4.25. The van der Waals surface area contributed by atoms with Gasteiger partial charge >= 0.3 is 0 Å². The largest absolute Gasteiger partial charge is 0.375 e. The van der Waals surface area contributed by atoms with Gasteiger partial charge in [0.05, 0.1) is 17.8 Å². The molecule has 0 unspecified atom stereocenters. The number of aryl methyl sites for hydroxylation is 1. The minimum Gasteiger partial charge on any atom is -0.375 e. The van der Waals surface area contributed by atoms with Crippen LogP contribution in [0.5, 0.6) is 0 Å². The molecule has 2 atom stereocenters. The summed E-state index contributed by atoms with van der Waals surface area (Å²) in [6.07, 6.45) is 1.81. The second-order valence-corrected chi connectivity index (χ2v) is 8.30. The van der Waals surface area contributed by atoms with Crippen molar-refractivity contribution in [2.45, 2.75) is 25.9 Å². The zero-order valence-corrected chi connectivity index (χ0v) is 19.4.